The second kappa shape index (κ2) is 3.97. The van der Waals surface area contributed by atoms with Crippen molar-refractivity contribution in [3.8, 4) is 0 Å². The molecule has 78 valence electrons. The number of aliphatic hydroxyl groups excluding tert-OH is 1. The van der Waals surface area contributed by atoms with E-state index >= 15 is 0 Å². The first-order valence-corrected chi connectivity index (χ1v) is 5.40. The van der Waals surface area contributed by atoms with Crippen LogP contribution in [0.25, 0.3) is 0 Å². The molecule has 1 saturated carbocycles. The van der Waals surface area contributed by atoms with Gasteiger partial charge in [0.25, 0.3) is 0 Å². The molecule has 0 spiro atoms. The third-order valence-corrected chi connectivity index (χ3v) is 3.31. The van der Waals surface area contributed by atoms with E-state index in [1.807, 2.05) is 0 Å². The Morgan fingerprint density at radius 2 is 1.85 bits per heavy atom. The minimum absolute atomic E-state index is 0.0916. The van der Waals surface area contributed by atoms with Gasteiger partial charge in [-0.05, 0) is 31.1 Å². The van der Waals surface area contributed by atoms with Crippen molar-refractivity contribution in [1.82, 2.24) is 0 Å². The van der Waals surface area contributed by atoms with Gasteiger partial charge in [0.1, 0.15) is 0 Å². The summed E-state index contributed by atoms with van der Waals surface area (Å²) in [6.07, 6.45) is 3.16. The van der Waals surface area contributed by atoms with Crippen LogP contribution in [0.15, 0.2) is 0 Å². The summed E-state index contributed by atoms with van der Waals surface area (Å²) < 4.78 is 0. The molecule has 0 amide bonds. The van der Waals surface area contributed by atoms with Gasteiger partial charge in [-0.2, -0.15) is 0 Å². The van der Waals surface area contributed by atoms with E-state index in [4.69, 9.17) is 5.73 Å². The smallest absolute Gasteiger partial charge is 0.0634 e. The van der Waals surface area contributed by atoms with Crippen LogP contribution in [0.1, 0.15) is 40.0 Å². The minimum Gasteiger partial charge on any atom is -0.392 e. The molecule has 1 rings (SSSR count). The molecule has 0 radical (unpaired) electrons. The third kappa shape index (κ3) is 2.44. The van der Waals surface area contributed by atoms with E-state index in [2.05, 4.69) is 20.8 Å². The van der Waals surface area contributed by atoms with Crippen molar-refractivity contribution < 1.29 is 5.11 Å². The highest BCUT2D eigenvalue weighted by Gasteiger charge is 2.49. The van der Waals surface area contributed by atoms with Crippen LogP contribution in [-0.4, -0.2) is 17.8 Å². The maximum atomic E-state index is 10.1. The molecule has 2 nitrogen and oxygen atoms in total. The fourth-order valence-electron chi connectivity index (χ4n) is 2.26. The summed E-state index contributed by atoms with van der Waals surface area (Å²) in [6, 6.07) is 0. The molecule has 0 saturated heterocycles. The Labute approximate surface area is 81.5 Å². The molecule has 0 aliphatic heterocycles. The van der Waals surface area contributed by atoms with Gasteiger partial charge in [0.15, 0.2) is 0 Å². The molecule has 2 heteroatoms. The molecule has 2 atom stereocenters. The Balaban J connectivity index is 2.42. The highest BCUT2D eigenvalue weighted by atomic mass is 16.3. The first kappa shape index (κ1) is 11.0. The van der Waals surface area contributed by atoms with Crippen molar-refractivity contribution >= 4 is 0 Å². The zero-order valence-corrected chi connectivity index (χ0v) is 9.09. The second-order valence-electron chi connectivity index (χ2n) is 5.12. The molecule has 0 aromatic carbocycles. The number of hydrogen-bond acceptors (Lipinski definition) is 2. The lowest BCUT2D eigenvalue weighted by Crippen LogP contribution is -2.35. The molecule has 1 aliphatic rings. The monoisotopic (exact) mass is 185 g/mol. The zero-order chi connectivity index (χ0) is 10.1. The summed E-state index contributed by atoms with van der Waals surface area (Å²) in [5, 5.41) is 10.1. The average Bonchev–Trinajstić information content (AvgIpc) is 2.82. The molecule has 1 aliphatic carbocycles. The lowest BCUT2D eigenvalue weighted by Gasteiger charge is -2.27. The van der Waals surface area contributed by atoms with Crippen LogP contribution in [0.3, 0.4) is 0 Å². The molecule has 0 aromatic heterocycles. The van der Waals surface area contributed by atoms with Crippen molar-refractivity contribution in [3.63, 3.8) is 0 Å². The van der Waals surface area contributed by atoms with Gasteiger partial charge in [0.2, 0.25) is 0 Å². The Morgan fingerprint density at radius 3 is 2.15 bits per heavy atom. The standard InChI is InChI=1S/C11H23NO/c1-8(2)6-9(3)10(13)11(7-12)4-5-11/h8-10,13H,4-7,12H2,1-3H3. The normalized spacial score (nSPS) is 24.5. The van der Waals surface area contributed by atoms with Gasteiger partial charge in [0.05, 0.1) is 6.10 Å². The highest BCUT2D eigenvalue weighted by Crippen LogP contribution is 2.50. The van der Waals surface area contributed by atoms with Gasteiger partial charge in [-0.25, -0.2) is 0 Å². The quantitative estimate of drug-likeness (QED) is 0.685. The van der Waals surface area contributed by atoms with E-state index in [1.165, 1.54) is 0 Å². The van der Waals surface area contributed by atoms with E-state index in [-0.39, 0.29) is 11.5 Å². The fourth-order valence-corrected chi connectivity index (χ4v) is 2.26. The van der Waals surface area contributed by atoms with Crippen molar-refractivity contribution in [3.05, 3.63) is 0 Å². The van der Waals surface area contributed by atoms with Crippen LogP contribution >= 0.6 is 0 Å². The van der Waals surface area contributed by atoms with Crippen LogP contribution < -0.4 is 5.73 Å². The summed E-state index contributed by atoms with van der Waals surface area (Å²) in [7, 11) is 0. The first-order chi connectivity index (χ1) is 6.02. The first-order valence-electron chi connectivity index (χ1n) is 5.40. The van der Waals surface area contributed by atoms with Crippen molar-refractivity contribution in [2.24, 2.45) is 23.0 Å². The average molecular weight is 185 g/mol. The van der Waals surface area contributed by atoms with Gasteiger partial charge >= 0.3 is 0 Å². The van der Waals surface area contributed by atoms with Gasteiger partial charge in [-0.3, -0.25) is 0 Å². The van der Waals surface area contributed by atoms with Gasteiger partial charge in [0, 0.05) is 12.0 Å². The zero-order valence-electron chi connectivity index (χ0n) is 9.09. The Kier molecular flexibility index (Phi) is 3.36. The maximum Gasteiger partial charge on any atom is 0.0634 e. The summed E-state index contributed by atoms with van der Waals surface area (Å²) in [6.45, 7) is 7.19. The molecule has 0 aromatic rings. The lowest BCUT2D eigenvalue weighted by atomic mass is 9.84. The molecule has 0 heterocycles. The maximum absolute atomic E-state index is 10.1. The fraction of sp³-hybridized carbons (Fsp3) is 1.00. The predicted molar refractivity (Wildman–Crippen MR) is 55.3 cm³/mol. The SMILES string of the molecule is CC(C)CC(C)C(O)C1(CN)CC1. The number of aliphatic hydroxyl groups is 1. The van der Waals surface area contributed by atoms with Gasteiger partial charge < -0.3 is 10.8 Å². The highest BCUT2D eigenvalue weighted by molar-refractivity contribution is 5.01. The van der Waals surface area contributed by atoms with Crippen molar-refractivity contribution in [2.75, 3.05) is 6.54 Å². The van der Waals surface area contributed by atoms with E-state index in [9.17, 15) is 5.11 Å². The summed E-state index contributed by atoms with van der Waals surface area (Å²) in [5.74, 6) is 1.06. The summed E-state index contributed by atoms with van der Waals surface area (Å²) in [4.78, 5) is 0. The van der Waals surface area contributed by atoms with E-state index in [1.54, 1.807) is 0 Å². The predicted octanol–water partition coefficient (Wildman–Crippen LogP) is 1.77. The number of nitrogens with two attached hydrogens (primary N) is 1. The number of rotatable bonds is 5. The molecule has 2 unspecified atom stereocenters. The number of hydrogen-bond donors (Lipinski definition) is 2. The second-order valence-corrected chi connectivity index (χ2v) is 5.12. The van der Waals surface area contributed by atoms with Gasteiger partial charge in [-0.15, -0.1) is 0 Å². The molecule has 1 fully saturated rings. The molecule has 13 heavy (non-hydrogen) atoms. The van der Waals surface area contributed by atoms with Crippen LogP contribution in [0.2, 0.25) is 0 Å². The third-order valence-electron chi connectivity index (χ3n) is 3.31. The molecular formula is C11H23NO. The topological polar surface area (TPSA) is 46.2 Å². The molecular weight excluding hydrogens is 162 g/mol. The van der Waals surface area contributed by atoms with E-state index in [0.29, 0.717) is 18.4 Å². The Hall–Kier alpha value is -0.0800. The summed E-state index contributed by atoms with van der Waals surface area (Å²) in [5.41, 5.74) is 5.77. The largest absolute Gasteiger partial charge is 0.392 e. The van der Waals surface area contributed by atoms with E-state index < -0.39 is 0 Å². The van der Waals surface area contributed by atoms with Crippen LogP contribution in [0, 0.1) is 17.3 Å². The van der Waals surface area contributed by atoms with Crippen LogP contribution in [0.5, 0.6) is 0 Å². The van der Waals surface area contributed by atoms with Gasteiger partial charge in [-0.1, -0.05) is 20.8 Å². The van der Waals surface area contributed by atoms with Crippen LogP contribution in [0.4, 0.5) is 0 Å². The van der Waals surface area contributed by atoms with Crippen molar-refractivity contribution in [1.29, 1.82) is 0 Å². The summed E-state index contributed by atoms with van der Waals surface area (Å²) >= 11 is 0. The molecule has 3 N–H and O–H groups in total. The van der Waals surface area contributed by atoms with E-state index in [0.717, 1.165) is 19.3 Å². The minimum atomic E-state index is -0.181. The Bertz CT molecular complexity index is 163. The molecule has 0 bridgehead atoms. The van der Waals surface area contributed by atoms with Crippen molar-refractivity contribution in [2.45, 2.75) is 46.1 Å². The Morgan fingerprint density at radius 1 is 1.31 bits per heavy atom. The van der Waals surface area contributed by atoms with Crippen LogP contribution in [-0.2, 0) is 0 Å². The lowest BCUT2D eigenvalue weighted by molar-refractivity contribution is 0.0392.